The Morgan fingerprint density at radius 2 is 1.08 bits per heavy atom. The summed E-state index contributed by atoms with van der Waals surface area (Å²) in [5, 5.41) is 13.7. The monoisotopic (exact) mass is 1080 g/mol. The van der Waals surface area contributed by atoms with Crippen LogP contribution in [0.1, 0.15) is 162 Å². The standard InChI is InChI=1S/C18H30N2O.C16H25N3O.C15H24N2.C14H22N4O2/c1-18(2,3)17-14-16(5-8-19-17)13-15-6-9-20(10-7-15)11-12-21-4;1-12(20)19-9-6-13(7-10-19)18-14-5-8-17-15(11-14)16(2,3)4;1-15(2,3)14-11-13(6-9-17-14)10-12-4-7-16-8-5-12;1-14(2,3)11-4-12(15-9-5-19-6-9)18-13(17-11)16-10-7-20-8-10/h5,8,14-15H,6-7,9-13H2,1-4H3;5,8,11,13H,6-7,9-10H2,1-4H3,(H,17,18);6,9,11-12,16H,4-5,7-8,10H2,1-3H3;4,9-10H,5-8H2,1-3H3,(H2,15,16,17,18). The molecule has 0 saturated carbocycles. The maximum Gasteiger partial charge on any atom is 0.225 e. The van der Waals surface area contributed by atoms with E-state index in [1.54, 1.807) is 14.0 Å². The SMILES string of the molecule is CC(=O)N1CCC(Nc2ccnc(C(C)(C)C)c2)CC1.CC(C)(C)c1cc(CC2CCNCC2)ccn1.CC(C)(C)c1cc(NC2COC2)nc(NC2COC2)n1.COCCN1CCC(Cc2ccnc(C(C)(C)C)c2)CC1. The molecule has 4 aromatic heterocycles. The highest BCUT2D eigenvalue weighted by atomic mass is 16.5. The lowest BCUT2D eigenvalue weighted by atomic mass is 9.87. The molecule has 9 heterocycles. The Morgan fingerprint density at radius 1 is 0.590 bits per heavy atom. The number of carbonyl (C=O) groups is 1. The summed E-state index contributed by atoms with van der Waals surface area (Å²) in [7, 11) is 1.78. The van der Waals surface area contributed by atoms with Crippen molar-refractivity contribution in [1.82, 2.24) is 40.0 Å². The molecule has 432 valence electrons. The molecular formula is C63H101N11O4. The molecule has 9 rings (SSSR count). The van der Waals surface area contributed by atoms with Crippen molar-refractivity contribution >= 4 is 23.4 Å². The summed E-state index contributed by atoms with van der Waals surface area (Å²) in [4.78, 5) is 38.4. The number of nitrogens with zero attached hydrogens (tertiary/aromatic N) is 7. The Hall–Kier alpha value is -4.80. The first kappa shape index (κ1) is 62.4. The maximum atomic E-state index is 11.3. The lowest BCUT2D eigenvalue weighted by Crippen LogP contribution is -2.42. The molecule has 5 saturated heterocycles. The van der Waals surface area contributed by atoms with E-state index in [0.29, 0.717) is 24.1 Å². The summed E-state index contributed by atoms with van der Waals surface area (Å²) in [6, 6.07) is 16.3. The minimum Gasteiger partial charge on any atom is -0.383 e. The van der Waals surface area contributed by atoms with Crippen LogP contribution in [0.3, 0.4) is 0 Å². The summed E-state index contributed by atoms with van der Waals surface area (Å²) in [5.74, 6) is 3.39. The summed E-state index contributed by atoms with van der Waals surface area (Å²) in [5.41, 5.74) is 8.93. The third-order valence-corrected chi connectivity index (χ3v) is 15.3. The number of carbonyl (C=O) groups excluding carboxylic acids is 1. The molecular weight excluding hydrogens is 975 g/mol. The third kappa shape index (κ3) is 21.0. The van der Waals surface area contributed by atoms with Gasteiger partial charge in [-0.2, -0.15) is 4.98 Å². The Bertz CT molecular complexity index is 2380. The molecule has 0 radical (unpaired) electrons. The molecule has 15 nitrogen and oxygen atoms in total. The van der Waals surface area contributed by atoms with Gasteiger partial charge in [0.2, 0.25) is 11.9 Å². The molecule has 5 fully saturated rings. The maximum absolute atomic E-state index is 11.3. The highest BCUT2D eigenvalue weighted by Gasteiger charge is 2.27. The van der Waals surface area contributed by atoms with E-state index < -0.39 is 0 Å². The van der Waals surface area contributed by atoms with Gasteiger partial charge in [0, 0.05) is 109 Å². The number of amides is 1. The summed E-state index contributed by atoms with van der Waals surface area (Å²) >= 11 is 0. The second kappa shape index (κ2) is 29.1. The topological polar surface area (TPSA) is 164 Å². The number of ether oxygens (including phenoxy) is 3. The predicted molar refractivity (Wildman–Crippen MR) is 319 cm³/mol. The van der Waals surface area contributed by atoms with Gasteiger partial charge in [-0.1, -0.05) is 83.1 Å². The molecule has 5 aliphatic rings. The van der Waals surface area contributed by atoms with Crippen LogP contribution in [0.2, 0.25) is 0 Å². The molecule has 1 amide bonds. The van der Waals surface area contributed by atoms with Crippen molar-refractivity contribution in [2.75, 3.05) is 102 Å². The lowest BCUT2D eigenvalue weighted by Gasteiger charge is -2.32. The van der Waals surface area contributed by atoms with E-state index >= 15 is 0 Å². The van der Waals surface area contributed by atoms with E-state index in [-0.39, 0.29) is 27.6 Å². The Morgan fingerprint density at radius 3 is 1.55 bits per heavy atom. The zero-order chi connectivity index (χ0) is 56.5. The summed E-state index contributed by atoms with van der Waals surface area (Å²) < 4.78 is 15.5. The molecule has 0 spiro atoms. The van der Waals surface area contributed by atoms with Crippen LogP contribution < -0.4 is 21.3 Å². The normalized spacial score (nSPS) is 18.4. The number of methoxy groups -OCH3 is 1. The molecule has 78 heavy (non-hydrogen) atoms. The van der Waals surface area contributed by atoms with E-state index in [1.807, 2.05) is 35.6 Å². The fraction of sp³-hybridized carbons (Fsp3) is 0.683. The van der Waals surface area contributed by atoms with Crippen molar-refractivity contribution < 1.29 is 19.0 Å². The average Bonchev–Trinajstić information content (AvgIpc) is 3.38. The van der Waals surface area contributed by atoms with Crippen LogP contribution in [0.4, 0.5) is 17.5 Å². The quantitative estimate of drug-likeness (QED) is 0.100. The molecule has 0 unspecified atom stereocenters. The zero-order valence-electron chi connectivity index (χ0n) is 50.6. The van der Waals surface area contributed by atoms with Crippen LogP contribution in [0.25, 0.3) is 0 Å². The lowest BCUT2D eigenvalue weighted by molar-refractivity contribution is -0.129. The van der Waals surface area contributed by atoms with Crippen LogP contribution in [0, 0.1) is 11.8 Å². The first-order chi connectivity index (χ1) is 36.9. The van der Waals surface area contributed by atoms with Crippen LogP contribution in [0.15, 0.2) is 61.1 Å². The first-order valence-electron chi connectivity index (χ1n) is 29.3. The van der Waals surface area contributed by atoms with Crippen molar-refractivity contribution in [3.63, 3.8) is 0 Å². The van der Waals surface area contributed by atoms with E-state index in [2.05, 4.69) is 165 Å². The van der Waals surface area contributed by atoms with Gasteiger partial charge < -0.3 is 45.3 Å². The van der Waals surface area contributed by atoms with Gasteiger partial charge in [0.05, 0.1) is 50.8 Å². The molecule has 4 N–H and O–H groups in total. The van der Waals surface area contributed by atoms with Gasteiger partial charge >= 0.3 is 0 Å². The number of hydrogen-bond donors (Lipinski definition) is 4. The molecule has 15 heteroatoms. The van der Waals surface area contributed by atoms with Gasteiger partial charge in [-0.15, -0.1) is 0 Å². The van der Waals surface area contributed by atoms with E-state index in [9.17, 15) is 4.79 Å². The number of aromatic nitrogens is 5. The minimum absolute atomic E-state index is 0.0119. The summed E-state index contributed by atoms with van der Waals surface area (Å²) in [6.07, 6.45) is 15.5. The molecule has 5 aliphatic heterocycles. The molecule has 0 bridgehead atoms. The number of pyridine rings is 3. The number of anilines is 3. The van der Waals surface area contributed by atoms with Crippen LogP contribution >= 0.6 is 0 Å². The Kier molecular flexibility index (Phi) is 23.3. The Labute approximate surface area is 470 Å². The highest BCUT2D eigenvalue weighted by molar-refractivity contribution is 5.73. The van der Waals surface area contributed by atoms with Gasteiger partial charge in [0.1, 0.15) is 5.82 Å². The van der Waals surface area contributed by atoms with E-state index in [4.69, 9.17) is 14.2 Å². The van der Waals surface area contributed by atoms with Gasteiger partial charge in [-0.3, -0.25) is 19.7 Å². The first-order valence-corrected chi connectivity index (χ1v) is 29.3. The smallest absolute Gasteiger partial charge is 0.225 e. The van der Waals surface area contributed by atoms with Crippen molar-refractivity contribution in [2.45, 2.75) is 181 Å². The molecule has 0 aliphatic carbocycles. The van der Waals surface area contributed by atoms with Gasteiger partial charge in [-0.25, -0.2) is 4.98 Å². The molecule has 0 atom stereocenters. The van der Waals surface area contributed by atoms with Crippen molar-refractivity contribution in [3.05, 3.63) is 95.0 Å². The van der Waals surface area contributed by atoms with Crippen molar-refractivity contribution in [3.8, 4) is 0 Å². The van der Waals surface area contributed by atoms with Crippen molar-refractivity contribution in [1.29, 1.82) is 0 Å². The minimum atomic E-state index is -0.0119. The second-order valence-corrected chi connectivity index (χ2v) is 26.6. The Balaban J connectivity index is 0.000000169. The fourth-order valence-corrected chi connectivity index (χ4v) is 9.91. The number of hydrogen-bond acceptors (Lipinski definition) is 14. The highest BCUT2D eigenvalue weighted by Crippen LogP contribution is 2.29. The predicted octanol–water partition coefficient (Wildman–Crippen LogP) is 10.4. The van der Waals surface area contributed by atoms with Crippen LogP contribution in [0.5, 0.6) is 0 Å². The van der Waals surface area contributed by atoms with Crippen LogP contribution in [-0.2, 0) is 53.5 Å². The largest absolute Gasteiger partial charge is 0.383 e. The van der Waals surface area contributed by atoms with E-state index in [1.165, 1.54) is 87.2 Å². The molecule has 0 aromatic carbocycles. The number of piperidine rings is 3. The molecule has 4 aromatic rings. The van der Waals surface area contributed by atoms with Gasteiger partial charge in [-0.05, 0) is 137 Å². The van der Waals surface area contributed by atoms with E-state index in [0.717, 1.165) is 100 Å². The number of nitrogens with one attached hydrogen (secondary N) is 4. The van der Waals surface area contributed by atoms with Crippen molar-refractivity contribution in [2.24, 2.45) is 11.8 Å². The van der Waals surface area contributed by atoms with Gasteiger partial charge in [0.15, 0.2) is 0 Å². The number of likely N-dealkylation sites (tertiary alicyclic amines) is 2. The second-order valence-electron chi connectivity index (χ2n) is 26.6. The van der Waals surface area contributed by atoms with Crippen LogP contribution in [-0.4, -0.2) is 145 Å². The van der Waals surface area contributed by atoms with Gasteiger partial charge in [0.25, 0.3) is 0 Å². The zero-order valence-corrected chi connectivity index (χ0v) is 50.6. The number of rotatable bonds is 13. The third-order valence-electron chi connectivity index (χ3n) is 15.3. The summed E-state index contributed by atoms with van der Waals surface area (Å²) in [6.45, 7) is 39.3. The average molecular weight is 1080 g/mol. The fourth-order valence-electron chi connectivity index (χ4n) is 9.91.